The monoisotopic (exact) mass is 317 g/mol. The molecule has 0 radical (unpaired) electrons. The standard InChI is InChI=1S/C17H23N3O3/c21-16(19-12-14-4-1-2-8-18-14)13-6-9-20(10-7-13)17(22)15-5-3-11-23-15/h1-2,4,8,13,15H,3,5-7,9-12H2,(H,19,21). The molecule has 23 heavy (non-hydrogen) atoms. The van der Waals surface area contributed by atoms with Gasteiger partial charge in [-0.05, 0) is 37.8 Å². The van der Waals surface area contributed by atoms with Crippen LogP contribution < -0.4 is 5.32 Å². The van der Waals surface area contributed by atoms with Crippen LogP contribution in [0.4, 0.5) is 0 Å². The van der Waals surface area contributed by atoms with E-state index >= 15 is 0 Å². The Balaban J connectivity index is 1.43. The molecule has 6 nitrogen and oxygen atoms in total. The van der Waals surface area contributed by atoms with Gasteiger partial charge in [-0.3, -0.25) is 14.6 Å². The van der Waals surface area contributed by atoms with Gasteiger partial charge in [-0.1, -0.05) is 6.07 Å². The predicted molar refractivity (Wildman–Crippen MR) is 84.4 cm³/mol. The van der Waals surface area contributed by atoms with Crippen molar-refractivity contribution in [1.29, 1.82) is 0 Å². The number of likely N-dealkylation sites (tertiary alicyclic amines) is 1. The van der Waals surface area contributed by atoms with E-state index < -0.39 is 0 Å². The molecule has 1 atom stereocenters. The van der Waals surface area contributed by atoms with E-state index in [0.29, 0.717) is 39.1 Å². The first-order valence-corrected chi connectivity index (χ1v) is 8.32. The molecule has 2 fully saturated rings. The number of nitrogens with zero attached hydrogens (tertiary/aromatic N) is 2. The number of carbonyl (C=O) groups excluding carboxylic acids is 2. The second-order valence-corrected chi connectivity index (χ2v) is 6.14. The summed E-state index contributed by atoms with van der Waals surface area (Å²) >= 11 is 0. The maximum atomic E-state index is 12.3. The first-order chi connectivity index (χ1) is 11.2. The minimum absolute atomic E-state index is 0.0211. The maximum Gasteiger partial charge on any atom is 0.251 e. The number of pyridine rings is 1. The van der Waals surface area contributed by atoms with E-state index in [9.17, 15) is 9.59 Å². The van der Waals surface area contributed by atoms with Gasteiger partial charge in [-0.2, -0.15) is 0 Å². The summed E-state index contributed by atoms with van der Waals surface area (Å²) in [6, 6.07) is 5.65. The molecule has 0 aliphatic carbocycles. The number of amides is 2. The van der Waals surface area contributed by atoms with Gasteiger partial charge in [0.1, 0.15) is 6.10 Å². The van der Waals surface area contributed by atoms with Crippen LogP contribution >= 0.6 is 0 Å². The third-order valence-electron chi connectivity index (χ3n) is 4.55. The molecule has 2 aliphatic rings. The van der Waals surface area contributed by atoms with E-state index in [1.54, 1.807) is 6.20 Å². The first-order valence-electron chi connectivity index (χ1n) is 8.32. The summed E-state index contributed by atoms with van der Waals surface area (Å²) < 4.78 is 5.45. The molecular weight excluding hydrogens is 294 g/mol. The fraction of sp³-hybridized carbons (Fsp3) is 0.588. The zero-order chi connectivity index (χ0) is 16.1. The van der Waals surface area contributed by atoms with Crippen LogP contribution in [0.3, 0.4) is 0 Å². The third kappa shape index (κ3) is 4.07. The smallest absolute Gasteiger partial charge is 0.251 e. The minimum Gasteiger partial charge on any atom is -0.368 e. The normalized spacial score (nSPS) is 22.1. The number of piperidine rings is 1. The summed E-state index contributed by atoms with van der Waals surface area (Å²) in [6.07, 6.45) is 4.67. The number of carbonyl (C=O) groups is 2. The molecule has 0 saturated carbocycles. The Morgan fingerprint density at radius 2 is 2.09 bits per heavy atom. The zero-order valence-corrected chi connectivity index (χ0v) is 13.2. The SMILES string of the molecule is O=C(NCc1ccccn1)C1CCN(C(=O)C2CCCO2)CC1. The van der Waals surface area contributed by atoms with Gasteiger partial charge in [0.05, 0.1) is 12.2 Å². The van der Waals surface area contributed by atoms with Crippen molar-refractivity contribution in [2.75, 3.05) is 19.7 Å². The van der Waals surface area contributed by atoms with E-state index in [2.05, 4.69) is 10.3 Å². The first kappa shape index (κ1) is 15.9. The van der Waals surface area contributed by atoms with Crippen molar-refractivity contribution in [3.63, 3.8) is 0 Å². The Morgan fingerprint density at radius 1 is 1.26 bits per heavy atom. The molecule has 6 heteroatoms. The van der Waals surface area contributed by atoms with Crippen LogP contribution in [0, 0.1) is 5.92 Å². The highest BCUT2D eigenvalue weighted by molar-refractivity contribution is 5.82. The molecule has 124 valence electrons. The molecule has 1 N–H and O–H groups in total. The topological polar surface area (TPSA) is 71.5 Å². The summed E-state index contributed by atoms with van der Waals surface area (Å²) in [7, 11) is 0. The highest BCUT2D eigenvalue weighted by Gasteiger charge is 2.32. The number of hydrogen-bond acceptors (Lipinski definition) is 4. The minimum atomic E-state index is -0.260. The number of hydrogen-bond donors (Lipinski definition) is 1. The van der Waals surface area contributed by atoms with Gasteiger partial charge < -0.3 is 15.0 Å². The Bertz CT molecular complexity index is 535. The van der Waals surface area contributed by atoms with E-state index in [1.807, 2.05) is 23.1 Å². The number of nitrogens with one attached hydrogen (secondary N) is 1. The Kier molecular flexibility index (Phi) is 5.23. The molecule has 2 amide bonds. The molecule has 3 rings (SSSR count). The maximum absolute atomic E-state index is 12.3. The molecular formula is C17H23N3O3. The van der Waals surface area contributed by atoms with E-state index in [0.717, 1.165) is 18.5 Å². The number of aromatic nitrogens is 1. The molecule has 0 bridgehead atoms. The van der Waals surface area contributed by atoms with Crippen molar-refractivity contribution in [3.05, 3.63) is 30.1 Å². The Labute approximate surface area is 136 Å². The molecule has 2 saturated heterocycles. The lowest BCUT2D eigenvalue weighted by Crippen LogP contribution is -2.46. The van der Waals surface area contributed by atoms with Crippen molar-refractivity contribution in [2.24, 2.45) is 5.92 Å². The van der Waals surface area contributed by atoms with Gasteiger partial charge >= 0.3 is 0 Å². The molecule has 2 aliphatic heterocycles. The number of ether oxygens (including phenoxy) is 1. The molecule has 1 unspecified atom stereocenters. The summed E-state index contributed by atoms with van der Waals surface area (Å²) in [4.78, 5) is 30.6. The quantitative estimate of drug-likeness (QED) is 0.903. The number of rotatable bonds is 4. The van der Waals surface area contributed by atoms with Crippen molar-refractivity contribution in [2.45, 2.75) is 38.3 Å². The van der Waals surface area contributed by atoms with E-state index in [4.69, 9.17) is 4.74 Å². The molecule has 1 aromatic rings. The van der Waals surface area contributed by atoms with Crippen molar-refractivity contribution in [3.8, 4) is 0 Å². The Hall–Kier alpha value is -1.95. The summed E-state index contributed by atoms with van der Waals surface area (Å²) in [6.45, 7) is 2.41. The second-order valence-electron chi connectivity index (χ2n) is 6.14. The van der Waals surface area contributed by atoms with Crippen molar-refractivity contribution >= 4 is 11.8 Å². The average Bonchev–Trinajstić information content (AvgIpc) is 3.15. The average molecular weight is 317 g/mol. The summed E-state index contributed by atoms with van der Waals surface area (Å²) in [5.41, 5.74) is 0.854. The summed E-state index contributed by atoms with van der Waals surface area (Å²) in [5, 5.41) is 2.94. The van der Waals surface area contributed by atoms with Gasteiger partial charge in [0.25, 0.3) is 5.91 Å². The van der Waals surface area contributed by atoms with Crippen LogP contribution in [0.2, 0.25) is 0 Å². The van der Waals surface area contributed by atoms with Crippen molar-refractivity contribution < 1.29 is 14.3 Å². The van der Waals surface area contributed by atoms with Gasteiger partial charge in [0.2, 0.25) is 5.91 Å². The van der Waals surface area contributed by atoms with Crippen LogP contribution in [0.15, 0.2) is 24.4 Å². The Morgan fingerprint density at radius 3 is 2.74 bits per heavy atom. The fourth-order valence-corrected chi connectivity index (χ4v) is 3.16. The van der Waals surface area contributed by atoms with Gasteiger partial charge in [-0.15, -0.1) is 0 Å². The van der Waals surface area contributed by atoms with Crippen LogP contribution in [-0.2, 0) is 20.9 Å². The van der Waals surface area contributed by atoms with Crippen LogP contribution in [-0.4, -0.2) is 47.5 Å². The lowest BCUT2D eigenvalue weighted by molar-refractivity contribution is -0.143. The van der Waals surface area contributed by atoms with E-state index in [-0.39, 0.29) is 23.8 Å². The fourth-order valence-electron chi connectivity index (χ4n) is 3.16. The van der Waals surface area contributed by atoms with Gasteiger partial charge in [-0.25, -0.2) is 0 Å². The highest BCUT2D eigenvalue weighted by Crippen LogP contribution is 2.21. The molecule has 0 spiro atoms. The van der Waals surface area contributed by atoms with E-state index in [1.165, 1.54) is 0 Å². The van der Waals surface area contributed by atoms with Gasteiger partial charge in [0, 0.05) is 31.8 Å². The lowest BCUT2D eigenvalue weighted by Gasteiger charge is -2.32. The van der Waals surface area contributed by atoms with Crippen LogP contribution in [0.5, 0.6) is 0 Å². The lowest BCUT2D eigenvalue weighted by atomic mass is 9.95. The largest absolute Gasteiger partial charge is 0.368 e. The predicted octanol–water partition coefficient (Wildman–Crippen LogP) is 1.12. The van der Waals surface area contributed by atoms with Crippen molar-refractivity contribution in [1.82, 2.24) is 15.2 Å². The highest BCUT2D eigenvalue weighted by atomic mass is 16.5. The van der Waals surface area contributed by atoms with Gasteiger partial charge in [0.15, 0.2) is 0 Å². The third-order valence-corrected chi connectivity index (χ3v) is 4.55. The second kappa shape index (κ2) is 7.55. The van der Waals surface area contributed by atoms with Crippen LogP contribution in [0.25, 0.3) is 0 Å². The summed E-state index contributed by atoms with van der Waals surface area (Å²) in [5.74, 6) is 0.127. The molecule has 0 aromatic carbocycles. The molecule has 1 aromatic heterocycles. The molecule has 3 heterocycles. The van der Waals surface area contributed by atoms with Crippen LogP contribution in [0.1, 0.15) is 31.4 Å². The zero-order valence-electron chi connectivity index (χ0n) is 13.2.